The van der Waals surface area contributed by atoms with Crippen molar-refractivity contribution in [1.82, 2.24) is 10.6 Å². The fraction of sp³-hybridized carbons (Fsp3) is 0.778. The molecule has 4 heteroatoms. The number of nitrogens with zero attached hydrogens (tertiary/aromatic N) is 1. The Bertz CT molecular complexity index is 213. The monoisotopic (exact) mass is 183 g/mol. The molecule has 0 radical (unpaired) electrons. The van der Waals surface area contributed by atoms with Crippen molar-refractivity contribution in [2.45, 2.75) is 39.2 Å². The number of hydrogen-bond acceptors (Lipinski definition) is 2. The Kier molecular flexibility index (Phi) is 3.73. The van der Waals surface area contributed by atoms with Gasteiger partial charge < -0.3 is 5.32 Å². The standard InChI is InChI=1S/C9H17N3O/c1-3-5-6-7-8(13)12-9(11-7)10-4-2/h7H,3-6H2,1-2H3,(H2,10,11,12,13). The maximum Gasteiger partial charge on any atom is 0.249 e. The predicted molar refractivity (Wildman–Crippen MR) is 52.6 cm³/mol. The zero-order valence-electron chi connectivity index (χ0n) is 8.26. The summed E-state index contributed by atoms with van der Waals surface area (Å²) in [7, 11) is 0. The van der Waals surface area contributed by atoms with Crippen molar-refractivity contribution < 1.29 is 4.79 Å². The molecule has 1 atom stereocenters. The Balaban J connectivity index is 2.42. The summed E-state index contributed by atoms with van der Waals surface area (Å²) in [6.07, 6.45) is 3.08. The SMILES string of the molecule is CCCCC1NC(=NCC)NC1=O. The van der Waals surface area contributed by atoms with Crippen LogP contribution in [0.2, 0.25) is 0 Å². The van der Waals surface area contributed by atoms with E-state index in [0.29, 0.717) is 12.5 Å². The molecule has 0 bridgehead atoms. The Morgan fingerprint density at radius 1 is 1.46 bits per heavy atom. The summed E-state index contributed by atoms with van der Waals surface area (Å²) in [5, 5.41) is 5.78. The van der Waals surface area contributed by atoms with Crippen molar-refractivity contribution in [2.75, 3.05) is 6.54 Å². The fourth-order valence-electron chi connectivity index (χ4n) is 1.33. The van der Waals surface area contributed by atoms with Crippen LogP contribution in [0.5, 0.6) is 0 Å². The van der Waals surface area contributed by atoms with Gasteiger partial charge in [-0.2, -0.15) is 0 Å². The maximum atomic E-state index is 11.3. The molecule has 1 amide bonds. The Morgan fingerprint density at radius 3 is 2.85 bits per heavy atom. The summed E-state index contributed by atoms with van der Waals surface area (Å²) >= 11 is 0. The van der Waals surface area contributed by atoms with Crippen LogP contribution in [-0.2, 0) is 4.79 Å². The quantitative estimate of drug-likeness (QED) is 0.672. The molecule has 0 aliphatic carbocycles. The van der Waals surface area contributed by atoms with E-state index in [-0.39, 0.29) is 11.9 Å². The third-order valence-electron chi connectivity index (χ3n) is 2.03. The van der Waals surface area contributed by atoms with Gasteiger partial charge in [-0.3, -0.25) is 15.1 Å². The van der Waals surface area contributed by atoms with E-state index in [1.807, 2.05) is 6.92 Å². The van der Waals surface area contributed by atoms with Crippen LogP contribution < -0.4 is 10.6 Å². The highest BCUT2D eigenvalue weighted by molar-refractivity contribution is 6.06. The number of hydrogen-bond donors (Lipinski definition) is 2. The molecule has 0 aromatic heterocycles. The summed E-state index contributed by atoms with van der Waals surface area (Å²) in [6.45, 7) is 4.76. The summed E-state index contributed by atoms with van der Waals surface area (Å²) in [5.41, 5.74) is 0. The second-order valence-electron chi connectivity index (χ2n) is 3.15. The number of guanidine groups is 1. The van der Waals surface area contributed by atoms with Gasteiger partial charge in [-0.25, -0.2) is 0 Å². The minimum atomic E-state index is -0.0646. The lowest BCUT2D eigenvalue weighted by Crippen LogP contribution is -2.29. The van der Waals surface area contributed by atoms with Gasteiger partial charge in [-0.15, -0.1) is 0 Å². The molecule has 4 nitrogen and oxygen atoms in total. The Hall–Kier alpha value is -1.06. The first kappa shape index (κ1) is 10.0. The molecule has 1 fully saturated rings. The molecule has 0 spiro atoms. The normalized spacial score (nSPS) is 24.6. The van der Waals surface area contributed by atoms with Crippen molar-refractivity contribution in [3.63, 3.8) is 0 Å². The minimum Gasteiger partial charge on any atom is -0.344 e. The van der Waals surface area contributed by atoms with Gasteiger partial charge >= 0.3 is 0 Å². The van der Waals surface area contributed by atoms with E-state index in [1.54, 1.807) is 0 Å². The van der Waals surface area contributed by atoms with Crippen molar-refractivity contribution in [3.8, 4) is 0 Å². The molecule has 74 valence electrons. The second kappa shape index (κ2) is 4.84. The predicted octanol–water partition coefficient (Wildman–Crippen LogP) is 0.640. The van der Waals surface area contributed by atoms with Gasteiger partial charge in [0.05, 0.1) is 0 Å². The van der Waals surface area contributed by atoms with Crippen LogP contribution in [0.4, 0.5) is 0 Å². The maximum absolute atomic E-state index is 11.3. The number of carbonyl (C=O) groups is 1. The highest BCUT2D eigenvalue weighted by Gasteiger charge is 2.26. The van der Waals surface area contributed by atoms with Gasteiger partial charge in [0, 0.05) is 6.54 Å². The highest BCUT2D eigenvalue weighted by Crippen LogP contribution is 2.04. The first-order valence-corrected chi connectivity index (χ1v) is 4.89. The Labute approximate surface area is 78.8 Å². The number of nitrogens with one attached hydrogen (secondary N) is 2. The molecule has 2 N–H and O–H groups in total. The highest BCUT2D eigenvalue weighted by atomic mass is 16.2. The topological polar surface area (TPSA) is 53.5 Å². The van der Waals surface area contributed by atoms with E-state index in [0.717, 1.165) is 19.3 Å². The first-order chi connectivity index (χ1) is 6.27. The molecule has 1 heterocycles. The molecule has 1 aliphatic rings. The van der Waals surface area contributed by atoms with Gasteiger partial charge in [0.2, 0.25) is 5.91 Å². The Morgan fingerprint density at radius 2 is 2.23 bits per heavy atom. The van der Waals surface area contributed by atoms with Crippen molar-refractivity contribution >= 4 is 11.9 Å². The summed E-state index contributed by atoms with van der Waals surface area (Å²) < 4.78 is 0. The van der Waals surface area contributed by atoms with Crippen LogP contribution in [-0.4, -0.2) is 24.5 Å². The number of carbonyl (C=O) groups excluding carboxylic acids is 1. The van der Waals surface area contributed by atoms with Gasteiger partial charge in [0.15, 0.2) is 5.96 Å². The molecule has 0 aromatic carbocycles. The third kappa shape index (κ3) is 2.72. The lowest BCUT2D eigenvalue weighted by atomic mass is 10.1. The van der Waals surface area contributed by atoms with E-state index in [4.69, 9.17) is 0 Å². The zero-order valence-corrected chi connectivity index (χ0v) is 8.26. The van der Waals surface area contributed by atoms with Crippen molar-refractivity contribution in [2.24, 2.45) is 4.99 Å². The molecule has 0 saturated carbocycles. The average molecular weight is 183 g/mol. The number of rotatable bonds is 4. The molecule has 13 heavy (non-hydrogen) atoms. The molecule has 1 saturated heterocycles. The summed E-state index contributed by atoms with van der Waals surface area (Å²) in [6, 6.07) is -0.0646. The molecular weight excluding hydrogens is 166 g/mol. The van der Waals surface area contributed by atoms with Crippen molar-refractivity contribution in [3.05, 3.63) is 0 Å². The van der Waals surface area contributed by atoms with Crippen molar-refractivity contribution in [1.29, 1.82) is 0 Å². The fourth-order valence-corrected chi connectivity index (χ4v) is 1.33. The van der Waals surface area contributed by atoms with Crippen LogP contribution in [0.3, 0.4) is 0 Å². The molecule has 0 aromatic rings. The lowest BCUT2D eigenvalue weighted by Gasteiger charge is -2.05. The molecule has 1 aliphatic heterocycles. The average Bonchev–Trinajstić information content (AvgIpc) is 2.44. The second-order valence-corrected chi connectivity index (χ2v) is 3.15. The number of amides is 1. The van der Waals surface area contributed by atoms with Crippen LogP contribution in [0, 0.1) is 0 Å². The number of unbranched alkanes of at least 4 members (excludes halogenated alkanes) is 1. The van der Waals surface area contributed by atoms with Crippen LogP contribution >= 0.6 is 0 Å². The van der Waals surface area contributed by atoms with E-state index in [9.17, 15) is 4.79 Å². The minimum absolute atomic E-state index is 0.0562. The molecular formula is C9H17N3O. The molecule has 1 unspecified atom stereocenters. The van der Waals surface area contributed by atoms with E-state index >= 15 is 0 Å². The zero-order chi connectivity index (χ0) is 9.68. The van der Waals surface area contributed by atoms with Gasteiger partial charge in [0.1, 0.15) is 6.04 Å². The van der Waals surface area contributed by atoms with Gasteiger partial charge in [-0.05, 0) is 13.3 Å². The number of aliphatic imine (C=N–C) groups is 1. The lowest BCUT2D eigenvalue weighted by molar-refractivity contribution is -0.120. The van der Waals surface area contributed by atoms with Gasteiger partial charge in [0.25, 0.3) is 0 Å². The summed E-state index contributed by atoms with van der Waals surface area (Å²) in [5.74, 6) is 0.689. The van der Waals surface area contributed by atoms with E-state index in [1.165, 1.54) is 0 Å². The van der Waals surface area contributed by atoms with Crippen LogP contribution in [0.1, 0.15) is 33.1 Å². The van der Waals surface area contributed by atoms with E-state index < -0.39 is 0 Å². The first-order valence-electron chi connectivity index (χ1n) is 4.89. The molecule has 1 rings (SSSR count). The summed E-state index contributed by atoms with van der Waals surface area (Å²) in [4.78, 5) is 15.4. The van der Waals surface area contributed by atoms with E-state index in [2.05, 4.69) is 22.5 Å². The third-order valence-corrected chi connectivity index (χ3v) is 2.03. The van der Waals surface area contributed by atoms with Crippen LogP contribution in [0.25, 0.3) is 0 Å². The largest absolute Gasteiger partial charge is 0.344 e. The van der Waals surface area contributed by atoms with Crippen LogP contribution in [0.15, 0.2) is 4.99 Å². The van der Waals surface area contributed by atoms with Gasteiger partial charge in [-0.1, -0.05) is 19.8 Å². The smallest absolute Gasteiger partial charge is 0.249 e.